The van der Waals surface area contributed by atoms with E-state index in [1.807, 2.05) is 13.8 Å². The first-order chi connectivity index (χ1) is 15.6. The molecule has 0 fully saturated rings. The van der Waals surface area contributed by atoms with Crippen LogP contribution in [-0.2, 0) is 22.4 Å². The van der Waals surface area contributed by atoms with Crippen LogP contribution in [0.4, 0.5) is 15.1 Å². The van der Waals surface area contributed by atoms with Crippen molar-refractivity contribution >= 4 is 62.6 Å². The van der Waals surface area contributed by atoms with Gasteiger partial charge in [0.15, 0.2) is 0 Å². The van der Waals surface area contributed by atoms with Crippen LogP contribution < -0.4 is 16.0 Å². The summed E-state index contributed by atoms with van der Waals surface area (Å²) in [7, 11) is 0. The molecule has 0 aromatic carbocycles. The van der Waals surface area contributed by atoms with Crippen LogP contribution in [0.15, 0.2) is 0 Å². The largest absolute Gasteiger partial charge is 0.465 e. The predicted octanol–water partition coefficient (Wildman–Crippen LogP) is 3.12. The summed E-state index contributed by atoms with van der Waals surface area (Å²) in [6, 6.07) is -0.866. The molecule has 0 spiro atoms. The lowest BCUT2D eigenvalue weighted by Crippen LogP contribution is -2.46. The summed E-state index contributed by atoms with van der Waals surface area (Å²) in [5.41, 5.74) is 0. The molecule has 11 nitrogen and oxygen atoms in total. The van der Waals surface area contributed by atoms with E-state index in [2.05, 4.69) is 36.3 Å². The molecule has 0 bridgehead atoms. The minimum atomic E-state index is -1.25. The Morgan fingerprint density at radius 3 is 1.94 bits per heavy atom. The quantitative estimate of drug-likeness (QED) is 0.294. The molecule has 14 heteroatoms. The van der Waals surface area contributed by atoms with Crippen LogP contribution in [0.25, 0.3) is 0 Å². The highest BCUT2D eigenvalue weighted by molar-refractivity contribution is 7.99. The van der Waals surface area contributed by atoms with Gasteiger partial charge in [0.05, 0.1) is 0 Å². The second kappa shape index (κ2) is 13.4. The van der Waals surface area contributed by atoms with Crippen molar-refractivity contribution in [2.45, 2.75) is 53.0 Å². The maximum Gasteiger partial charge on any atom is 0.405 e. The number of nitrogens with zero attached hydrogens (tertiary/aromatic N) is 4. The molecule has 0 saturated heterocycles. The van der Waals surface area contributed by atoms with E-state index in [1.54, 1.807) is 25.6 Å². The fourth-order valence-corrected chi connectivity index (χ4v) is 5.26. The molecule has 2 aromatic heterocycles. The van der Waals surface area contributed by atoms with Gasteiger partial charge >= 0.3 is 6.09 Å². The average Bonchev–Trinajstić information content (AvgIpc) is 3.34. The normalized spacial score (nSPS) is 12.1. The van der Waals surface area contributed by atoms with Gasteiger partial charge in [-0.15, -0.1) is 20.4 Å². The Labute approximate surface area is 204 Å². The minimum absolute atomic E-state index is 0.0485. The monoisotopic (exact) mass is 515 g/mol. The van der Waals surface area contributed by atoms with Crippen LogP contribution in [0, 0.1) is 11.8 Å². The second-order valence-corrected chi connectivity index (χ2v) is 11.3. The van der Waals surface area contributed by atoms with E-state index in [-0.39, 0.29) is 11.8 Å². The van der Waals surface area contributed by atoms with E-state index >= 15 is 0 Å². The van der Waals surface area contributed by atoms with Crippen molar-refractivity contribution in [1.82, 2.24) is 25.7 Å². The number of hydrogen-bond acceptors (Lipinski definition) is 10. The van der Waals surface area contributed by atoms with Crippen molar-refractivity contribution in [3.8, 4) is 0 Å². The highest BCUT2D eigenvalue weighted by atomic mass is 32.2. The van der Waals surface area contributed by atoms with Gasteiger partial charge in [-0.2, -0.15) is 11.8 Å². The topological polar surface area (TPSA) is 159 Å². The molecule has 4 N–H and O–H groups in total. The molecule has 182 valence electrons. The SMILES string of the molecule is CC(C)CC(=O)Nc1nnc(CCSCCc2nnc(NC(=O)C(NC(=O)O)C(C)C)s2)s1. The van der Waals surface area contributed by atoms with Gasteiger partial charge in [0.2, 0.25) is 22.1 Å². The molecular weight excluding hydrogens is 486 g/mol. The summed E-state index contributed by atoms with van der Waals surface area (Å²) in [6.07, 6.45) is 0.664. The molecule has 1 atom stereocenters. The zero-order valence-corrected chi connectivity index (χ0v) is 21.4. The maximum absolute atomic E-state index is 12.3. The van der Waals surface area contributed by atoms with Gasteiger partial charge in [-0.05, 0) is 23.3 Å². The molecule has 0 aliphatic heterocycles. The smallest absolute Gasteiger partial charge is 0.405 e. The predicted molar refractivity (Wildman–Crippen MR) is 131 cm³/mol. The number of nitrogens with one attached hydrogen (secondary N) is 3. The van der Waals surface area contributed by atoms with Gasteiger partial charge in [-0.1, -0.05) is 50.4 Å². The number of rotatable bonds is 13. The number of thioether (sulfide) groups is 1. The Kier molecular flexibility index (Phi) is 10.9. The number of carboxylic acid groups (broad SMARTS) is 1. The van der Waals surface area contributed by atoms with Gasteiger partial charge < -0.3 is 15.7 Å². The maximum atomic E-state index is 12.3. The summed E-state index contributed by atoms with van der Waals surface area (Å²) in [5, 5.41) is 35.2. The molecule has 0 radical (unpaired) electrons. The number of carbonyl (C=O) groups is 3. The third-order valence-electron chi connectivity index (χ3n) is 4.15. The minimum Gasteiger partial charge on any atom is -0.465 e. The zero-order valence-electron chi connectivity index (χ0n) is 19.0. The second-order valence-electron chi connectivity index (χ2n) is 7.92. The van der Waals surface area contributed by atoms with E-state index in [4.69, 9.17) is 5.11 Å². The summed E-state index contributed by atoms with van der Waals surface area (Å²) < 4.78 is 0. The molecule has 3 amide bonds. The van der Waals surface area contributed by atoms with E-state index < -0.39 is 18.0 Å². The average molecular weight is 516 g/mol. The van der Waals surface area contributed by atoms with Gasteiger partial charge in [0.1, 0.15) is 16.1 Å². The first-order valence-electron chi connectivity index (χ1n) is 10.5. The highest BCUT2D eigenvalue weighted by Gasteiger charge is 2.25. The van der Waals surface area contributed by atoms with Crippen LogP contribution in [0.2, 0.25) is 0 Å². The van der Waals surface area contributed by atoms with E-state index in [0.717, 1.165) is 27.9 Å². The van der Waals surface area contributed by atoms with Crippen LogP contribution in [-0.4, -0.2) is 61.0 Å². The van der Waals surface area contributed by atoms with Crippen LogP contribution in [0.1, 0.15) is 44.1 Å². The van der Waals surface area contributed by atoms with Crippen LogP contribution in [0.5, 0.6) is 0 Å². The number of anilines is 2. The Morgan fingerprint density at radius 2 is 1.45 bits per heavy atom. The van der Waals surface area contributed by atoms with Crippen LogP contribution in [0.3, 0.4) is 0 Å². The third kappa shape index (κ3) is 10.0. The van der Waals surface area contributed by atoms with Crippen molar-refractivity contribution in [3.63, 3.8) is 0 Å². The number of aryl methyl sites for hydroxylation is 2. The molecule has 0 aliphatic rings. The van der Waals surface area contributed by atoms with E-state index in [9.17, 15) is 14.4 Å². The fraction of sp³-hybridized carbons (Fsp3) is 0.632. The van der Waals surface area contributed by atoms with Crippen molar-refractivity contribution in [1.29, 1.82) is 0 Å². The van der Waals surface area contributed by atoms with Gasteiger partial charge in [-0.3, -0.25) is 14.9 Å². The number of amides is 3. The number of hydrogen-bond donors (Lipinski definition) is 4. The Morgan fingerprint density at radius 1 is 0.909 bits per heavy atom. The summed E-state index contributed by atoms with van der Waals surface area (Å²) >= 11 is 4.40. The Balaban J connectivity index is 1.69. The molecule has 33 heavy (non-hydrogen) atoms. The molecule has 2 rings (SSSR count). The zero-order chi connectivity index (χ0) is 24.4. The summed E-state index contributed by atoms with van der Waals surface area (Å²) in [6.45, 7) is 7.50. The van der Waals surface area contributed by atoms with Crippen molar-refractivity contribution in [3.05, 3.63) is 10.0 Å². The van der Waals surface area contributed by atoms with E-state index in [0.29, 0.717) is 29.0 Å². The molecule has 0 saturated carbocycles. The van der Waals surface area contributed by atoms with Gasteiger partial charge in [-0.25, -0.2) is 4.79 Å². The van der Waals surface area contributed by atoms with E-state index in [1.165, 1.54) is 22.7 Å². The standard InChI is InChI=1S/C19H29N7O4S3/c1-10(2)9-12(27)20-17-25-23-13(32-17)5-7-31-8-6-14-24-26-18(33-14)22-16(28)15(11(3)4)21-19(29)30/h10-11,15,21H,5-9H2,1-4H3,(H,29,30)(H,20,25,27)(H,22,26,28). The molecule has 0 aliphatic carbocycles. The molecule has 2 aromatic rings. The third-order valence-corrected chi connectivity index (χ3v) is 6.93. The van der Waals surface area contributed by atoms with Crippen LogP contribution >= 0.6 is 34.4 Å². The first-order valence-corrected chi connectivity index (χ1v) is 13.3. The lowest BCUT2D eigenvalue weighted by atomic mass is 10.0. The van der Waals surface area contributed by atoms with Crippen molar-refractivity contribution in [2.75, 3.05) is 22.1 Å². The summed E-state index contributed by atoms with van der Waals surface area (Å²) in [4.78, 5) is 35.0. The number of carbonyl (C=O) groups excluding carboxylic acids is 2. The number of aromatic nitrogens is 4. The van der Waals surface area contributed by atoms with Crippen molar-refractivity contribution < 1.29 is 19.5 Å². The summed E-state index contributed by atoms with van der Waals surface area (Å²) in [5.74, 6) is 1.27. The fourth-order valence-electron chi connectivity index (χ4n) is 2.62. The molecule has 2 heterocycles. The molecule has 1 unspecified atom stereocenters. The first kappa shape index (κ1) is 26.9. The lowest BCUT2D eigenvalue weighted by Gasteiger charge is -2.18. The highest BCUT2D eigenvalue weighted by Crippen LogP contribution is 2.20. The van der Waals surface area contributed by atoms with Gasteiger partial charge in [0.25, 0.3) is 0 Å². The Hall–Kier alpha value is -2.32. The Bertz CT molecular complexity index is 932. The van der Waals surface area contributed by atoms with Crippen molar-refractivity contribution in [2.24, 2.45) is 11.8 Å². The van der Waals surface area contributed by atoms with Gasteiger partial charge in [0, 0.05) is 19.3 Å². The lowest BCUT2D eigenvalue weighted by molar-refractivity contribution is -0.119. The molecular formula is C19H29N7O4S3.